The lowest BCUT2D eigenvalue weighted by atomic mass is 10.3. The van der Waals surface area contributed by atoms with Gasteiger partial charge in [-0.1, -0.05) is 18.2 Å². The summed E-state index contributed by atoms with van der Waals surface area (Å²) in [6.07, 6.45) is 0.589. The van der Waals surface area contributed by atoms with Crippen molar-refractivity contribution in [3.63, 3.8) is 0 Å². The highest BCUT2D eigenvalue weighted by Gasteiger charge is 2.04. The lowest BCUT2D eigenvalue weighted by Crippen LogP contribution is -1.94. The standard InChI is InChI=1S/C11H7ClN2O2/c12-11-13-8(7-15)6-10(14-11)16-9-4-2-1-3-5-9/h1-7H. The molecule has 0 radical (unpaired) electrons. The molecule has 1 aromatic carbocycles. The van der Waals surface area contributed by atoms with Crippen LogP contribution in [-0.4, -0.2) is 16.3 Å². The van der Waals surface area contributed by atoms with Crippen molar-refractivity contribution < 1.29 is 9.53 Å². The molecule has 0 saturated heterocycles. The van der Waals surface area contributed by atoms with E-state index in [4.69, 9.17) is 16.3 Å². The Kier molecular flexibility index (Phi) is 3.12. The molecule has 2 aromatic rings. The number of para-hydroxylation sites is 1. The minimum atomic E-state index is -0.0180. The molecule has 0 aliphatic rings. The van der Waals surface area contributed by atoms with E-state index in [1.54, 1.807) is 12.1 Å². The van der Waals surface area contributed by atoms with Crippen molar-refractivity contribution in [1.82, 2.24) is 9.97 Å². The molecule has 1 aromatic heterocycles. The number of hydrogen-bond acceptors (Lipinski definition) is 4. The maximum Gasteiger partial charge on any atom is 0.226 e. The van der Waals surface area contributed by atoms with Crippen LogP contribution in [-0.2, 0) is 0 Å². The first kappa shape index (κ1) is 10.6. The van der Waals surface area contributed by atoms with Crippen LogP contribution >= 0.6 is 11.6 Å². The van der Waals surface area contributed by atoms with Crippen LogP contribution in [0.25, 0.3) is 0 Å². The van der Waals surface area contributed by atoms with Gasteiger partial charge >= 0.3 is 0 Å². The monoisotopic (exact) mass is 234 g/mol. The highest BCUT2D eigenvalue weighted by Crippen LogP contribution is 2.20. The number of halogens is 1. The van der Waals surface area contributed by atoms with E-state index < -0.39 is 0 Å². The largest absolute Gasteiger partial charge is 0.439 e. The predicted octanol–water partition coefficient (Wildman–Crippen LogP) is 2.73. The minimum absolute atomic E-state index is 0.0180. The van der Waals surface area contributed by atoms with Crippen molar-refractivity contribution in [2.45, 2.75) is 0 Å². The molecule has 0 bridgehead atoms. The third-order valence-corrected chi connectivity index (χ3v) is 1.95. The van der Waals surface area contributed by atoms with Gasteiger partial charge in [0.2, 0.25) is 11.2 Å². The van der Waals surface area contributed by atoms with Crippen LogP contribution in [0.3, 0.4) is 0 Å². The minimum Gasteiger partial charge on any atom is -0.439 e. The molecule has 1 heterocycles. The molecule has 2 rings (SSSR count). The SMILES string of the molecule is O=Cc1cc(Oc2ccccc2)nc(Cl)n1. The van der Waals surface area contributed by atoms with Crippen molar-refractivity contribution in [2.75, 3.05) is 0 Å². The molecule has 4 nitrogen and oxygen atoms in total. The molecule has 0 spiro atoms. The zero-order valence-electron chi connectivity index (χ0n) is 8.13. The summed E-state index contributed by atoms with van der Waals surface area (Å²) in [6, 6.07) is 10.5. The smallest absolute Gasteiger partial charge is 0.226 e. The average Bonchev–Trinajstić information content (AvgIpc) is 2.29. The topological polar surface area (TPSA) is 52.1 Å². The Morgan fingerprint density at radius 2 is 1.94 bits per heavy atom. The second-order valence-electron chi connectivity index (χ2n) is 2.93. The maximum atomic E-state index is 10.6. The number of nitrogens with zero attached hydrogens (tertiary/aromatic N) is 2. The van der Waals surface area contributed by atoms with Gasteiger partial charge in [0.15, 0.2) is 6.29 Å². The Bertz CT molecular complexity index is 503. The molecular weight excluding hydrogens is 228 g/mol. The molecule has 0 aliphatic heterocycles. The summed E-state index contributed by atoms with van der Waals surface area (Å²) in [5, 5.41) is -0.0180. The zero-order chi connectivity index (χ0) is 11.4. The molecule has 0 N–H and O–H groups in total. The highest BCUT2D eigenvalue weighted by atomic mass is 35.5. The molecule has 5 heteroatoms. The fourth-order valence-corrected chi connectivity index (χ4v) is 1.32. The van der Waals surface area contributed by atoms with E-state index in [0.717, 1.165) is 0 Å². The second kappa shape index (κ2) is 4.72. The van der Waals surface area contributed by atoms with Gasteiger partial charge in [-0.25, -0.2) is 4.98 Å². The van der Waals surface area contributed by atoms with Crippen LogP contribution in [0.5, 0.6) is 11.6 Å². The first-order valence-electron chi connectivity index (χ1n) is 4.50. The number of rotatable bonds is 3. The number of carbonyl (C=O) groups is 1. The Hall–Kier alpha value is -1.94. The van der Waals surface area contributed by atoms with E-state index in [2.05, 4.69) is 9.97 Å². The van der Waals surface area contributed by atoms with Crippen LogP contribution in [0.15, 0.2) is 36.4 Å². The van der Waals surface area contributed by atoms with E-state index in [-0.39, 0.29) is 16.9 Å². The number of aromatic nitrogens is 2. The van der Waals surface area contributed by atoms with Gasteiger partial charge in [-0.05, 0) is 23.7 Å². The molecule has 0 saturated carbocycles. The third kappa shape index (κ3) is 2.55. The van der Waals surface area contributed by atoms with Gasteiger partial charge in [-0.2, -0.15) is 4.98 Å². The van der Waals surface area contributed by atoms with Crippen molar-refractivity contribution in [3.05, 3.63) is 47.4 Å². The number of benzene rings is 1. The Morgan fingerprint density at radius 3 is 2.62 bits per heavy atom. The molecule has 0 unspecified atom stereocenters. The van der Waals surface area contributed by atoms with E-state index in [1.165, 1.54) is 6.07 Å². The lowest BCUT2D eigenvalue weighted by Gasteiger charge is -2.04. The quantitative estimate of drug-likeness (QED) is 0.605. The number of aldehydes is 1. The van der Waals surface area contributed by atoms with Crippen molar-refractivity contribution >= 4 is 17.9 Å². The molecular formula is C11H7ClN2O2. The molecule has 0 amide bonds. The van der Waals surface area contributed by atoms with Crippen LogP contribution in [0.1, 0.15) is 10.5 Å². The van der Waals surface area contributed by atoms with Gasteiger partial charge in [0.05, 0.1) is 0 Å². The van der Waals surface area contributed by atoms with Crippen molar-refractivity contribution in [1.29, 1.82) is 0 Å². The lowest BCUT2D eigenvalue weighted by molar-refractivity contribution is 0.111. The third-order valence-electron chi connectivity index (χ3n) is 1.78. The van der Waals surface area contributed by atoms with E-state index in [9.17, 15) is 4.79 Å². The molecule has 16 heavy (non-hydrogen) atoms. The van der Waals surface area contributed by atoms with E-state index in [1.807, 2.05) is 18.2 Å². The van der Waals surface area contributed by atoms with Crippen molar-refractivity contribution in [3.8, 4) is 11.6 Å². The first-order valence-corrected chi connectivity index (χ1v) is 4.88. The fraction of sp³-hybridized carbons (Fsp3) is 0. The van der Waals surface area contributed by atoms with Crippen LogP contribution in [0, 0.1) is 0 Å². The van der Waals surface area contributed by atoms with Crippen molar-refractivity contribution in [2.24, 2.45) is 0 Å². The summed E-state index contributed by atoms with van der Waals surface area (Å²) >= 11 is 5.63. The van der Waals surface area contributed by atoms with Gasteiger partial charge in [0.25, 0.3) is 0 Å². The zero-order valence-corrected chi connectivity index (χ0v) is 8.89. The Balaban J connectivity index is 2.28. The predicted molar refractivity (Wildman–Crippen MR) is 58.9 cm³/mol. The summed E-state index contributed by atoms with van der Waals surface area (Å²) < 4.78 is 5.41. The van der Waals surface area contributed by atoms with Crippen LogP contribution in [0.4, 0.5) is 0 Å². The summed E-state index contributed by atoms with van der Waals surface area (Å²) in [4.78, 5) is 18.1. The van der Waals surface area contributed by atoms with Crippen LogP contribution in [0.2, 0.25) is 5.28 Å². The summed E-state index contributed by atoms with van der Waals surface area (Å²) in [7, 11) is 0. The molecule has 0 fully saturated rings. The van der Waals surface area contributed by atoms with Gasteiger partial charge in [0.1, 0.15) is 11.4 Å². The Labute approximate surface area is 96.9 Å². The number of hydrogen-bond donors (Lipinski definition) is 0. The molecule has 0 aliphatic carbocycles. The summed E-state index contributed by atoms with van der Waals surface area (Å²) in [6.45, 7) is 0. The highest BCUT2D eigenvalue weighted by molar-refractivity contribution is 6.28. The summed E-state index contributed by atoms with van der Waals surface area (Å²) in [5.41, 5.74) is 0.186. The van der Waals surface area contributed by atoms with E-state index >= 15 is 0 Å². The normalized spacial score (nSPS) is 9.81. The Morgan fingerprint density at radius 1 is 1.19 bits per heavy atom. The maximum absolute atomic E-state index is 10.6. The van der Waals surface area contributed by atoms with Crippen LogP contribution < -0.4 is 4.74 Å². The summed E-state index contributed by atoms with van der Waals surface area (Å²) in [5.74, 6) is 0.863. The van der Waals surface area contributed by atoms with E-state index in [0.29, 0.717) is 12.0 Å². The number of carbonyl (C=O) groups excluding carboxylic acids is 1. The second-order valence-corrected chi connectivity index (χ2v) is 3.27. The average molecular weight is 235 g/mol. The van der Waals surface area contributed by atoms with Gasteiger partial charge in [-0.15, -0.1) is 0 Å². The van der Waals surface area contributed by atoms with Gasteiger partial charge in [0, 0.05) is 6.07 Å². The van der Waals surface area contributed by atoms with Gasteiger partial charge in [-0.3, -0.25) is 4.79 Å². The molecule has 0 atom stereocenters. The number of ether oxygens (including phenoxy) is 1. The first-order chi connectivity index (χ1) is 7.78. The molecule has 80 valence electrons. The van der Waals surface area contributed by atoms with Gasteiger partial charge < -0.3 is 4.74 Å². The fourth-order valence-electron chi connectivity index (χ4n) is 1.14.